The summed E-state index contributed by atoms with van der Waals surface area (Å²) >= 11 is 0. The minimum absolute atomic E-state index is 0.220. The number of ketones is 1. The smallest absolute Gasteiger partial charge is 0.222 e. The van der Waals surface area contributed by atoms with E-state index in [-0.39, 0.29) is 5.78 Å². The van der Waals surface area contributed by atoms with Crippen molar-refractivity contribution in [2.45, 2.75) is 66.7 Å². The molecule has 1 aliphatic rings. The molecule has 6 nitrogen and oxygen atoms in total. The van der Waals surface area contributed by atoms with Crippen LogP contribution in [-0.2, 0) is 16.0 Å². The van der Waals surface area contributed by atoms with E-state index in [1.165, 1.54) is 0 Å². The van der Waals surface area contributed by atoms with Gasteiger partial charge in [0.15, 0.2) is 0 Å². The molecular weight excluding hydrogens is 378 g/mol. The first-order valence-corrected chi connectivity index (χ1v) is 11.6. The molecule has 1 aromatic heterocycles. The van der Waals surface area contributed by atoms with E-state index >= 15 is 0 Å². The Hall–Kier alpha value is -1.95. The van der Waals surface area contributed by atoms with Gasteiger partial charge in [-0.15, -0.1) is 0 Å². The first kappa shape index (κ1) is 26.1. The summed E-state index contributed by atoms with van der Waals surface area (Å²) in [5, 5.41) is 0. The zero-order chi connectivity index (χ0) is 22.4. The van der Waals surface area contributed by atoms with Gasteiger partial charge in [-0.3, -0.25) is 14.5 Å². The standard InChI is InChI=1S/C22H35N3O3.C2H6/c1-4-20(26)16-19-7-8-21(23-17-19)28-15-5-10-24-11-13-25(14-12-24)22(27)9-6-18(2)3;1-2/h7-8,17-18H,4-6,9-16H2,1-3H3;1-2H3. The lowest BCUT2D eigenvalue weighted by atomic mass is 10.1. The van der Waals surface area contributed by atoms with Gasteiger partial charge in [0, 0.05) is 64.2 Å². The molecule has 2 rings (SSSR count). The molecule has 2 heterocycles. The first-order valence-electron chi connectivity index (χ1n) is 11.6. The Morgan fingerprint density at radius 2 is 1.83 bits per heavy atom. The lowest BCUT2D eigenvalue weighted by molar-refractivity contribution is -0.133. The van der Waals surface area contributed by atoms with Crippen molar-refractivity contribution in [3.05, 3.63) is 23.9 Å². The second-order valence-electron chi connectivity index (χ2n) is 7.93. The summed E-state index contributed by atoms with van der Waals surface area (Å²) in [4.78, 5) is 32.3. The quantitative estimate of drug-likeness (QED) is 0.508. The zero-order valence-corrected chi connectivity index (χ0v) is 19.7. The van der Waals surface area contributed by atoms with Crippen LogP contribution < -0.4 is 4.74 Å². The molecule has 0 aromatic carbocycles. The molecule has 30 heavy (non-hydrogen) atoms. The fraction of sp³-hybridized carbons (Fsp3) is 0.708. The van der Waals surface area contributed by atoms with Crippen molar-refractivity contribution < 1.29 is 14.3 Å². The number of nitrogens with zero attached hydrogens (tertiary/aromatic N) is 3. The summed E-state index contributed by atoms with van der Waals surface area (Å²) < 4.78 is 5.71. The van der Waals surface area contributed by atoms with Crippen LogP contribution in [0.3, 0.4) is 0 Å². The van der Waals surface area contributed by atoms with E-state index in [0.29, 0.717) is 43.6 Å². The number of carbonyl (C=O) groups excluding carboxylic acids is 2. The molecule has 1 aliphatic heterocycles. The largest absolute Gasteiger partial charge is 0.478 e. The maximum absolute atomic E-state index is 12.2. The maximum atomic E-state index is 12.2. The molecule has 0 saturated carbocycles. The van der Waals surface area contributed by atoms with Crippen molar-refractivity contribution in [2.75, 3.05) is 39.3 Å². The van der Waals surface area contributed by atoms with Crippen LogP contribution in [0.1, 0.15) is 65.9 Å². The van der Waals surface area contributed by atoms with Gasteiger partial charge in [-0.25, -0.2) is 4.98 Å². The third-order valence-corrected chi connectivity index (χ3v) is 5.12. The van der Waals surface area contributed by atoms with Gasteiger partial charge >= 0.3 is 0 Å². The number of ether oxygens (including phenoxy) is 1. The Morgan fingerprint density at radius 1 is 1.13 bits per heavy atom. The number of carbonyl (C=O) groups is 2. The Morgan fingerprint density at radius 3 is 2.40 bits per heavy atom. The van der Waals surface area contributed by atoms with Crippen molar-refractivity contribution >= 4 is 11.7 Å². The van der Waals surface area contributed by atoms with Gasteiger partial charge in [0.25, 0.3) is 0 Å². The monoisotopic (exact) mass is 419 g/mol. The van der Waals surface area contributed by atoms with Crippen LogP contribution in [0.25, 0.3) is 0 Å². The highest BCUT2D eigenvalue weighted by molar-refractivity contribution is 5.80. The highest BCUT2D eigenvalue weighted by Gasteiger charge is 2.20. The van der Waals surface area contributed by atoms with Crippen LogP contribution in [-0.4, -0.2) is 65.8 Å². The van der Waals surface area contributed by atoms with Gasteiger partial charge < -0.3 is 9.64 Å². The molecule has 6 heteroatoms. The third kappa shape index (κ3) is 10.2. The number of pyridine rings is 1. The van der Waals surface area contributed by atoms with Gasteiger partial charge in [-0.1, -0.05) is 40.7 Å². The number of piperazine rings is 1. The minimum atomic E-state index is 0.220. The van der Waals surface area contributed by atoms with Gasteiger partial charge in [0.1, 0.15) is 5.78 Å². The SMILES string of the molecule is CC.CCC(=O)Cc1ccc(OCCCN2CCN(C(=O)CCC(C)C)CC2)nc1. The molecule has 0 N–H and O–H groups in total. The molecule has 1 fully saturated rings. The fourth-order valence-electron chi connectivity index (χ4n) is 3.21. The number of Topliss-reactive ketones (excluding diaryl/α,β-unsaturated/α-hetero) is 1. The van der Waals surface area contributed by atoms with Crippen LogP contribution in [0.4, 0.5) is 0 Å². The average Bonchev–Trinajstić information content (AvgIpc) is 2.77. The first-order chi connectivity index (χ1) is 14.5. The molecule has 0 bridgehead atoms. The Labute approximate surface area is 183 Å². The van der Waals surface area contributed by atoms with Crippen molar-refractivity contribution in [2.24, 2.45) is 5.92 Å². The lowest BCUT2D eigenvalue weighted by Gasteiger charge is -2.34. The molecule has 0 aliphatic carbocycles. The van der Waals surface area contributed by atoms with Crippen molar-refractivity contribution in [3.63, 3.8) is 0 Å². The number of hydrogen-bond acceptors (Lipinski definition) is 5. The normalized spacial score (nSPS) is 14.3. The predicted octanol–water partition coefficient (Wildman–Crippen LogP) is 3.98. The summed E-state index contributed by atoms with van der Waals surface area (Å²) in [5.41, 5.74) is 0.931. The van der Waals surface area contributed by atoms with E-state index in [4.69, 9.17) is 4.74 Å². The molecular formula is C24H41N3O3. The molecule has 1 amide bonds. The van der Waals surface area contributed by atoms with E-state index in [1.54, 1.807) is 6.20 Å². The van der Waals surface area contributed by atoms with E-state index in [2.05, 4.69) is 23.7 Å². The van der Waals surface area contributed by atoms with Gasteiger partial charge in [-0.2, -0.15) is 0 Å². The van der Waals surface area contributed by atoms with E-state index < -0.39 is 0 Å². The van der Waals surface area contributed by atoms with Crippen molar-refractivity contribution in [1.29, 1.82) is 0 Å². The summed E-state index contributed by atoms with van der Waals surface area (Å²) in [6.07, 6.45) is 5.29. The van der Waals surface area contributed by atoms with E-state index in [1.807, 2.05) is 37.8 Å². The molecule has 1 saturated heterocycles. The second-order valence-corrected chi connectivity index (χ2v) is 7.93. The summed E-state index contributed by atoms with van der Waals surface area (Å²) in [6, 6.07) is 3.74. The molecule has 0 atom stereocenters. The van der Waals surface area contributed by atoms with Crippen molar-refractivity contribution in [3.8, 4) is 5.88 Å². The molecule has 0 radical (unpaired) electrons. The van der Waals surface area contributed by atoms with Crippen LogP contribution in [0, 0.1) is 5.92 Å². The maximum Gasteiger partial charge on any atom is 0.222 e. The summed E-state index contributed by atoms with van der Waals surface area (Å²) in [7, 11) is 0. The van der Waals surface area contributed by atoms with E-state index in [0.717, 1.165) is 51.1 Å². The van der Waals surface area contributed by atoms with Crippen LogP contribution in [0.15, 0.2) is 18.3 Å². The van der Waals surface area contributed by atoms with Gasteiger partial charge in [0.2, 0.25) is 11.8 Å². The Balaban J connectivity index is 0.00000218. The summed E-state index contributed by atoms with van der Waals surface area (Å²) in [5.74, 6) is 1.70. The van der Waals surface area contributed by atoms with E-state index in [9.17, 15) is 9.59 Å². The minimum Gasteiger partial charge on any atom is -0.478 e. The lowest BCUT2D eigenvalue weighted by Crippen LogP contribution is -2.49. The Bertz CT molecular complexity index is 609. The predicted molar refractivity (Wildman–Crippen MR) is 122 cm³/mol. The van der Waals surface area contributed by atoms with Gasteiger partial charge in [0.05, 0.1) is 6.61 Å². The topological polar surface area (TPSA) is 62.7 Å². The third-order valence-electron chi connectivity index (χ3n) is 5.12. The number of rotatable bonds is 11. The molecule has 1 aromatic rings. The molecule has 0 spiro atoms. The van der Waals surface area contributed by atoms with Gasteiger partial charge in [-0.05, 0) is 24.3 Å². The number of amides is 1. The average molecular weight is 420 g/mol. The fourth-order valence-corrected chi connectivity index (χ4v) is 3.21. The van der Waals surface area contributed by atoms with Crippen LogP contribution >= 0.6 is 0 Å². The molecule has 0 unspecified atom stereocenters. The molecule has 170 valence electrons. The van der Waals surface area contributed by atoms with Crippen LogP contribution in [0.2, 0.25) is 0 Å². The Kier molecular flexibility index (Phi) is 13.0. The second kappa shape index (κ2) is 14.9. The number of aromatic nitrogens is 1. The highest BCUT2D eigenvalue weighted by atomic mass is 16.5. The highest BCUT2D eigenvalue weighted by Crippen LogP contribution is 2.11. The summed E-state index contributed by atoms with van der Waals surface area (Å²) in [6.45, 7) is 15.3. The number of hydrogen-bond donors (Lipinski definition) is 0. The zero-order valence-electron chi connectivity index (χ0n) is 19.7. The van der Waals surface area contributed by atoms with Crippen molar-refractivity contribution in [1.82, 2.24) is 14.8 Å². The van der Waals surface area contributed by atoms with Crippen LogP contribution in [0.5, 0.6) is 5.88 Å².